The van der Waals surface area contributed by atoms with Crippen LogP contribution in [0.1, 0.15) is 10.4 Å². The molecule has 1 N–H and O–H groups in total. The number of nitro groups is 1. The molecule has 0 atom stereocenters. The highest BCUT2D eigenvalue weighted by atomic mass is 35.5. The molecular weight excluding hydrogens is 390 g/mol. The van der Waals surface area contributed by atoms with Crippen LogP contribution in [0.25, 0.3) is 0 Å². The maximum Gasteiger partial charge on any atom is 0.387 e. The van der Waals surface area contributed by atoms with E-state index in [0.29, 0.717) is 0 Å². The predicted octanol–water partition coefficient (Wildman–Crippen LogP) is 3.65. The number of rotatable bonds is 7. The molecule has 1 amide bonds. The molecule has 0 fully saturated rings. The van der Waals surface area contributed by atoms with Gasteiger partial charge in [0.1, 0.15) is 17.0 Å². The number of esters is 1. The number of para-hydroxylation sites is 1. The Morgan fingerprint density at radius 1 is 1.22 bits per heavy atom. The van der Waals surface area contributed by atoms with Crippen LogP contribution in [0.15, 0.2) is 42.5 Å². The van der Waals surface area contributed by atoms with Gasteiger partial charge >= 0.3 is 12.6 Å². The van der Waals surface area contributed by atoms with E-state index < -0.39 is 41.5 Å². The van der Waals surface area contributed by atoms with Gasteiger partial charge < -0.3 is 14.8 Å². The van der Waals surface area contributed by atoms with Gasteiger partial charge in [-0.2, -0.15) is 8.78 Å². The van der Waals surface area contributed by atoms with Crippen molar-refractivity contribution in [1.29, 1.82) is 0 Å². The van der Waals surface area contributed by atoms with Gasteiger partial charge in [-0.15, -0.1) is 0 Å². The topological polar surface area (TPSA) is 108 Å². The molecule has 0 aliphatic carbocycles. The molecule has 0 bridgehead atoms. The summed E-state index contributed by atoms with van der Waals surface area (Å²) in [5, 5.41) is 13.3. The van der Waals surface area contributed by atoms with E-state index in [2.05, 4.69) is 10.1 Å². The third-order valence-corrected chi connectivity index (χ3v) is 3.32. The van der Waals surface area contributed by atoms with Gasteiger partial charge in [-0.25, -0.2) is 4.79 Å². The first-order chi connectivity index (χ1) is 12.8. The van der Waals surface area contributed by atoms with Gasteiger partial charge in [-0.3, -0.25) is 14.9 Å². The number of carbonyl (C=O) groups is 2. The number of benzene rings is 2. The van der Waals surface area contributed by atoms with Gasteiger partial charge in [0.15, 0.2) is 6.61 Å². The molecule has 0 unspecified atom stereocenters. The third-order valence-electron chi connectivity index (χ3n) is 3.09. The number of hydrogen-bond acceptors (Lipinski definition) is 6. The second-order valence-electron chi connectivity index (χ2n) is 4.92. The molecule has 0 heterocycles. The molecule has 142 valence electrons. The summed E-state index contributed by atoms with van der Waals surface area (Å²) in [6, 6.07) is 8.68. The predicted molar refractivity (Wildman–Crippen MR) is 90.1 cm³/mol. The Morgan fingerprint density at radius 2 is 1.93 bits per heavy atom. The van der Waals surface area contributed by atoms with E-state index in [1.54, 1.807) is 0 Å². The minimum Gasteiger partial charge on any atom is -0.452 e. The molecule has 0 saturated heterocycles. The summed E-state index contributed by atoms with van der Waals surface area (Å²) in [6.45, 7) is -3.95. The molecule has 2 aromatic rings. The van der Waals surface area contributed by atoms with Crippen molar-refractivity contribution >= 4 is 34.9 Å². The second-order valence-corrected chi connectivity index (χ2v) is 5.35. The number of alkyl halides is 2. The summed E-state index contributed by atoms with van der Waals surface area (Å²) in [4.78, 5) is 34.1. The van der Waals surface area contributed by atoms with E-state index in [4.69, 9.17) is 16.3 Å². The summed E-state index contributed by atoms with van der Waals surface area (Å²) in [7, 11) is 0. The quantitative estimate of drug-likeness (QED) is 0.432. The number of hydrogen-bond donors (Lipinski definition) is 1. The minimum atomic E-state index is -3.15. The molecule has 2 rings (SSSR count). The Kier molecular flexibility index (Phi) is 6.61. The van der Waals surface area contributed by atoms with Gasteiger partial charge in [-0.05, 0) is 24.3 Å². The van der Waals surface area contributed by atoms with E-state index in [1.807, 2.05) is 0 Å². The first kappa shape index (κ1) is 20.0. The number of halogens is 3. The van der Waals surface area contributed by atoms with Crippen LogP contribution in [0.2, 0.25) is 5.02 Å². The SMILES string of the molecule is O=C(COC(=O)c1ccccc1OC(F)F)Nc1ccc(Cl)cc1[N+](=O)[O-]. The first-order valence-corrected chi connectivity index (χ1v) is 7.60. The maximum absolute atomic E-state index is 12.3. The molecule has 0 spiro atoms. The second kappa shape index (κ2) is 8.90. The van der Waals surface area contributed by atoms with Crippen molar-refractivity contribution in [3.05, 3.63) is 63.2 Å². The van der Waals surface area contributed by atoms with E-state index in [9.17, 15) is 28.5 Å². The molecule has 0 aliphatic rings. The lowest BCUT2D eigenvalue weighted by Crippen LogP contribution is -2.21. The summed E-state index contributed by atoms with van der Waals surface area (Å²) in [5.74, 6) is -2.36. The van der Waals surface area contributed by atoms with Crippen molar-refractivity contribution in [2.45, 2.75) is 6.61 Å². The van der Waals surface area contributed by atoms with Crippen LogP contribution in [0.3, 0.4) is 0 Å². The van der Waals surface area contributed by atoms with E-state index in [0.717, 1.165) is 12.1 Å². The van der Waals surface area contributed by atoms with Crippen LogP contribution in [0.4, 0.5) is 20.2 Å². The average molecular weight is 401 g/mol. The lowest BCUT2D eigenvalue weighted by atomic mass is 10.2. The molecule has 0 saturated carbocycles. The van der Waals surface area contributed by atoms with Gasteiger partial charge in [0, 0.05) is 11.1 Å². The third kappa shape index (κ3) is 5.61. The largest absolute Gasteiger partial charge is 0.452 e. The fourth-order valence-electron chi connectivity index (χ4n) is 1.99. The van der Waals surface area contributed by atoms with Crippen molar-refractivity contribution in [2.75, 3.05) is 11.9 Å². The Labute approximate surface area is 155 Å². The number of nitro benzene ring substituents is 1. The zero-order valence-corrected chi connectivity index (χ0v) is 14.1. The number of nitrogens with zero attached hydrogens (tertiary/aromatic N) is 1. The van der Waals surface area contributed by atoms with Crippen LogP contribution < -0.4 is 10.1 Å². The normalized spacial score (nSPS) is 10.4. The maximum atomic E-state index is 12.3. The highest BCUT2D eigenvalue weighted by Gasteiger charge is 2.20. The fraction of sp³-hybridized carbons (Fsp3) is 0.125. The standard InChI is InChI=1S/C16H11ClF2N2O6/c17-9-5-6-11(12(7-9)21(24)25)20-14(22)8-26-15(23)10-3-1-2-4-13(10)27-16(18)19/h1-7,16H,8H2,(H,20,22). The molecular formula is C16H11ClF2N2O6. The molecule has 8 nitrogen and oxygen atoms in total. The Morgan fingerprint density at radius 3 is 2.59 bits per heavy atom. The van der Waals surface area contributed by atoms with Crippen LogP contribution in [0, 0.1) is 10.1 Å². The molecule has 27 heavy (non-hydrogen) atoms. The number of amides is 1. The molecule has 0 radical (unpaired) electrons. The van der Waals surface area contributed by atoms with Crippen LogP contribution >= 0.6 is 11.6 Å². The van der Waals surface area contributed by atoms with Crippen molar-refractivity contribution in [3.63, 3.8) is 0 Å². The summed E-state index contributed by atoms with van der Waals surface area (Å²) >= 11 is 5.67. The van der Waals surface area contributed by atoms with Gasteiger partial charge in [0.2, 0.25) is 0 Å². The monoisotopic (exact) mass is 400 g/mol. The van der Waals surface area contributed by atoms with Crippen molar-refractivity contribution in [1.82, 2.24) is 0 Å². The smallest absolute Gasteiger partial charge is 0.387 e. The Hall–Kier alpha value is -3.27. The van der Waals surface area contributed by atoms with Gasteiger partial charge in [-0.1, -0.05) is 23.7 Å². The van der Waals surface area contributed by atoms with Gasteiger partial charge in [0.25, 0.3) is 11.6 Å². The number of carbonyl (C=O) groups excluding carboxylic acids is 2. The molecule has 2 aromatic carbocycles. The Balaban J connectivity index is 2.03. The minimum absolute atomic E-state index is 0.0989. The van der Waals surface area contributed by atoms with Crippen LogP contribution in [0.5, 0.6) is 5.75 Å². The van der Waals surface area contributed by atoms with Crippen LogP contribution in [-0.2, 0) is 9.53 Å². The van der Waals surface area contributed by atoms with Crippen molar-refractivity contribution < 1.29 is 32.8 Å². The highest BCUT2D eigenvalue weighted by molar-refractivity contribution is 6.31. The molecule has 11 heteroatoms. The van der Waals surface area contributed by atoms with E-state index in [-0.39, 0.29) is 16.3 Å². The summed E-state index contributed by atoms with van der Waals surface area (Å²) < 4.78 is 33.6. The fourth-order valence-corrected chi connectivity index (χ4v) is 2.16. The molecule has 0 aromatic heterocycles. The molecule has 0 aliphatic heterocycles. The Bertz CT molecular complexity index is 878. The first-order valence-electron chi connectivity index (χ1n) is 7.22. The van der Waals surface area contributed by atoms with Crippen LogP contribution in [-0.4, -0.2) is 30.0 Å². The van der Waals surface area contributed by atoms with Gasteiger partial charge in [0.05, 0.1) is 4.92 Å². The van der Waals surface area contributed by atoms with E-state index in [1.165, 1.54) is 30.3 Å². The summed E-state index contributed by atoms with van der Waals surface area (Å²) in [6.07, 6.45) is 0. The van der Waals surface area contributed by atoms with E-state index >= 15 is 0 Å². The number of nitrogens with one attached hydrogen (secondary N) is 1. The highest BCUT2D eigenvalue weighted by Crippen LogP contribution is 2.27. The zero-order chi connectivity index (χ0) is 20.0. The lowest BCUT2D eigenvalue weighted by molar-refractivity contribution is -0.383. The van der Waals surface area contributed by atoms with Crippen molar-refractivity contribution in [2.24, 2.45) is 0 Å². The number of ether oxygens (including phenoxy) is 2. The number of anilines is 1. The van der Waals surface area contributed by atoms with Crippen molar-refractivity contribution in [3.8, 4) is 5.75 Å². The lowest BCUT2D eigenvalue weighted by Gasteiger charge is -2.10. The zero-order valence-electron chi connectivity index (χ0n) is 13.4. The summed E-state index contributed by atoms with van der Waals surface area (Å²) in [5.41, 5.74) is -0.896. The average Bonchev–Trinajstić information content (AvgIpc) is 2.61.